The Labute approximate surface area is 102 Å². The topological polar surface area (TPSA) is 75.3 Å². The van der Waals surface area contributed by atoms with Gasteiger partial charge in [0, 0.05) is 26.6 Å². The Morgan fingerprint density at radius 2 is 2.12 bits per heavy atom. The van der Waals surface area contributed by atoms with Crippen molar-refractivity contribution < 1.29 is 4.52 Å². The normalized spacial score (nSPS) is 11.6. The third-order valence-corrected chi connectivity index (χ3v) is 2.25. The lowest BCUT2D eigenvalue weighted by Crippen LogP contribution is -2.38. The third kappa shape index (κ3) is 5.33. The van der Waals surface area contributed by atoms with Crippen LogP contribution in [0.1, 0.15) is 31.5 Å². The van der Waals surface area contributed by atoms with Gasteiger partial charge in [0.2, 0.25) is 5.89 Å². The number of hydrogen-bond donors (Lipinski definition) is 2. The van der Waals surface area contributed by atoms with Gasteiger partial charge in [0.05, 0.1) is 0 Å². The Morgan fingerprint density at radius 1 is 1.35 bits per heavy atom. The van der Waals surface area contributed by atoms with Crippen LogP contribution in [0.3, 0.4) is 0 Å². The predicted octanol–water partition coefficient (Wildman–Crippen LogP) is 0.886. The minimum absolute atomic E-state index is 0.652. The fraction of sp³-hybridized carbons (Fsp3) is 0.727. The van der Waals surface area contributed by atoms with Crippen LogP contribution in [0.15, 0.2) is 9.52 Å². The highest BCUT2D eigenvalue weighted by Crippen LogP contribution is 1.95. The van der Waals surface area contributed by atoms with E-state index in [1.165, 1.54) is 6.42 Å². The summed E-state index contributed by atoms with van der Waals surface area (Å²) in [5.74, 6) is 2.14. The molecule has 1 aromatic rings. The summed E-state index contributed by atoms with van der Waals surface area (Å²) in [7, 11) is 1.76. The highest BCUT2D eigenvalue weighted by molar-refractivity contribution is 5.79. The maximum absolute atomic E-state index is 5.02. The highest BCUT2D eigenvalue weighted by Gasteiger charge is 2.02. The molecule has 1 heterocycles. The van der Waals surface area contributed by atoms with Crippen molar-refractivity contribution in [1.29, 1.82) is 0 Å². The Bertz CT molecular complexity index is 347. The summed E-state index contributed by atoms with van der Waals surface area (Å²) in [6.07, 6.45) is 3.02. The first kappa shape index (κ1) is 13.5. The molecule has 0 unspecified atom stereocenters. The Morgan fingerprint density at radius 3 is 2.71 bits per heavy atom. The van der Waals surface area contributed by atoms with Crippen LogP contribution in [-0.4, -0.2) is 36.2 Å². The van der Waals surface area contributed by atoms with Gasteiger partial charge >= 0.3 is 0 Å². The number of aliphatic imine (C=N–C) groups is 1. The summed E-state index contributed by atoms with van der Waals surface area (Å²) in [4.78, 5) is 8.25. The lowest BCUT2D eigenvalue weighted by molar-refractivity contribution is 0.374. The zero-order valence-corrected chi connectivity index (χ0v) is 10.8. The van der Waals surface area contributed by atoms with E-state index >= 15 is 0 Å². The van der Waals surface area contributed by atoms with Gasteiger partial charge in [-0.3, -0.25) is 4.99 Å². The van der Waals surface area contributed by atoms with Gasteiger partial charge < -0.3 is 15.2 Å². The molecule has 0 aliphatic carbocycles. The van der Waals surface area contributed by atoms with E-state index in [4.69, 9.17) is 4.52 Å². The quantitative estimate of drug-likeness (QED) is 0.438. The van der Waals surface area contributed by atoms with Crippen molar-refractivity contribution in [3.05, 3.63) is 11.7 Å². The van der Waals surface area contributed by atoms with E-state index in [0.717, 1.165) is 25.5 Å². The molecule has 6 heteroatoms. The first-order chi connectivity index (χ1) is 8.26. The van der Waals surface area contributed by atoms with E-state index in [9.17, 15) is 0 Å². The predicted molar refractivity (Wildman–Crippen MR) is 67.0 cm³/mol. The molecule has 0 spiro atoms. The molecule has 0 aliphatic rings. The maximum atomic E-state index is 5.02. The fourth-order valence-corrected chi connectivity index (χ4v) is 1.33. The average molecular weight is 239 g/mol. The van der Waals surface area contributed by atoms with Crippen LogP contribution in [-0.2, 0) is 6.42 Å². The Hall–Kier alpha value is -1.59. The largest absolute Gasteiger partial charge is 0.356 e. The van der Waals surface area contributed by atoms with E-state index in [1.807, 2.05) is 6.92 Å². The second-order valence-corrected chi connectivity index (χ2v) is 3.76. The number of unbranched alkanes of at least 4 members (excludes halogenated alkanes) is 1. The number of nitrogens with zero attached hydrogens (tertiary/aromatic N) is 3. The molecule has 0 radical (unpaired) electrons. The van der Waals surface area contributed by atoms with Gasteiger partial charge in [0.15, 0.2) is 11.8 Å². The van der Waals surface area contributed by atoms with Gasteiger partial charge in [-0.15, -0.1) is 0 Å². The van der Waals surface area contributed by atoms with Gasteiger partial charge in [-0.2, -0.15) is 4.98 Å². The molecule has 0 saturated heterocycles. The lowest BCUT2D eigenvalue weighted by atomic mass is 10.3. The van der Waals surface area contributed by atoms with Crippen LogP contribution in [0.5, 0.6) is 0 Å². The van der Waals surface area contributed by atoms with E-state index in [1.54, 1.807) is 7.05 Å². The zero-order chi connectivity index (χ0) is 12.5. The summed E-state index contributed by atoms with van der Waals surface area (Å²) in [5.41, 5.74) is 0. The SMILES string of the molecule is CCCCNC(=NC)NCCc1nc(C)no1. The Kier molecular flexibility index (Phi) is 6.06. The molecule has 0 saturated carbocycles. The molecule has 1 aromatic heterocycles. The van der Waals surface area contributed by atoms with Crippen LogP contribution in [0.2, 0.25) is 0 Å². The van der Waals surface area contributed by atoms with Gasteiger partial charge in [-0.05, 0) is 13.3 Å². The minimum atomic E-state index is 0.652. The molecule has 0 bridgehead atoms. The minimum Gasteiger partial charge on any atom is -0.356 e. The van der Waals surface area contributed by atoms with Crippen molar-refractivity contribution in [2.75, 3.05) is 20.1 Å². The molecule has 0 aromatic carbocycles. The summed E-state index contributed by atoms with van der Waals surface area (Å²) in [6.45, 7) is 5.64. The van der Waals surface area contributed by atoms with Gasteiger partial charge in [-0.1, -0.05) is 18.5 Å². The summed E-state index contributed by atoms with van der Waals surface area (Å²) < 4.78 is 5.02. The van der Waals surface area contributed by atoms with Crippen LogP contribution in [0.25, 0.3) is 0 Å². The zero-order valence-electron chi connectivity index (χ0n) is 10.8. The van der Waals surface area contributed by atoms with Crippen LogP contribution < -0.4 is 10.6 Å². The highest BCUT2D eigenvalue weighted by atomic mass is 16.5. The van der Waals surface area contributed by atoms with Gasteiger partial charge in [0.1, 0.15) is 0 Å². The fourth-order valence-electron chi connectivity index (χ4n) is 1.33. The van der Waals surface area contributed by atoms with Gasteiger partial charge in [0.25, 0.3) is 0 Å². The summed E-state index contributed by atoms with van der Waals surface area (Å²) in [5, 5.41) is 10.2. The van der Waals surface area contributed by atoms with E-state index in [-0.39, 0.29) is 0 Å². The lowest BCUT2D eigenvalue weighted by Gasteiger charge is -2.10. The first-order valence-electron chi connectivity index (χ1n) is 6.00. The molecule has 0 atom stereocenters. The molecule has 0 amide bonds. The standard InChI is InChI=1S/C11H21N5O/c1-4-5-7-13-11(12-3)14-8-6-10-15-9(2)16-17-10/h4-8H2,1-3H3,(H2,12,13,14). The molecule has 6 nitrogen and oxygen atoms in total. The molecule has 0 fully saturated rings. The molecule has 0 aliphatic heterocycles. The maximum Gasteiger partial charge on any atom is 0.228 e. The van der Waals surface area contributed by atoms with E-state index in [2.05, 4.69) is 32.7 Å². The van der Waals surface area contributed by atoms with Crippen molar-refractivity contribution in [3.63, 3.8) is 0 Å². The van der Waals surface area contributed by atoms with Crippen molar-refractivity contribution in [2.45, 2.75) is 33.1 Å². The molecule has 1 rings (SSSR count). The second kappa shape index (κ2) is 7.65. The average Bonchev–Trinajstić information content (AvgIpc) is 2.73. The number of hydrogen-bond acceptors (Lipinski definition) is 4. The second-order valence-electron chi connectivity index (χ2n) is 3.76. The van der Waals surface area contributed by atoms with Crippen LogP contribution in [0.4, 0.5) is 0 Å². The van der Waals surface area contributed by atoms with Crippen molar-refractivity contribution >= 4 is 5.96 Å². The third-order valence-electron chi connectivity index (χ3n) is 2.25. The molecular formula is C11H21N5O. The smallest absolute Gasteiger partial charge is 0.228 e. The van der Waals surface area contributed by atoms with Crippen molar-refractivity contribution in [2.24, 2.45) is 4.99 Å². The molecule has 2 N–H and O–H groups in total. The molecule has 17 heavy (non-hydrogen) atoms. The molecular weight excluding hydrogens is 218 g/mol. The van der Waals surface area contributed by atoms with Crippen LogP contribution in [0, 0.1) is 6.92 Å². The summed E-state index contributed by atoms with van der Waals surface area (Å²) >= 11 is 0. The van der Waals surface area contributed by atoms with E-state index in [0.29, 0.717) is 18.1 Å². The number of guanidine groups is 1. The number of aryl methyl sites for hydroxylation is 1. The molecule has 96 valence electrons. The Balaban J connectivity index is 2.19. The monoisotopic (exact) mass is 239 g/mol. The number of aromatic nitrogens is 2. The number of rotatable bonds is 6. The van der Waals surface area contributed by atoms with Crippen molar-refractivity contribution in [1.82, 2.24) is 20.8 Å². The van der Waals surface area contributed by atoms with Gasteiger partial charge in [-0.25, -0.2) is 0 Å². The van der Waals surface area contributed by atoms with Crippen molar-refractivity contribution in [3.8, 4) is 0 Å². The summed E-state index contributed by atoms with van der Waals surface area (Å²) in [6, 6.07) is 0. The number of nitrogens with one attached hydrogen (secondary N) is 2. The van der Waals surface area contributed by atoms with E-state index < -0.39 is 0 Å². The first-order valence-corrected chi connectivity index (χ1v) is 6.00. The van der Waals surface area contributed by atoms with Crippen LogP contribution >= 0.6 is 0 Å².